The lowest BCUT2D eigenvalue weighted by Crippen LogP contribution is -2.60. The number of aliphatic hydroxyl groups excluding tert-OH is 4. The number of allylic oxidation sites excluding steroid dienone is 2. The van der Waals surface area contributed by atoms with Gasteiger partial charge in [-0.15, -0.1) is 0 Å². The predicted octanol–water partition coefficient (Wildman–Crippen LogP) is 4.95. The molecule has 7 heteroatoms. The summed E-state index contributed by atoms with van der Waals surface area (Å²) in [6.07, 6.45) is 5.76. The Morgan fingerprint density at radius 1 is 1.07 bits per heavy atom. The molecule has 5 aliphatic rings. The molecule has 1 heterocycles. The summed E-state index contributed by atoms with van der Waals surface area (Å²) in [5, 5.41) is 40.3. The summed E-state index contributed by atoms with van der Waals surface area (Å²) in [7, 11) is 0. The lowest BCUT2D eigenvalue weighted by Gasteiger charge is -2.58. The van der Waals surface area contributed by atoms with E-state index in [9.17, 15) is 25.2 Å². The largest absolute Gasteiger partial charge is 0.394 e. The molecule has 0 bridgehead atoms. The molecule has 0 spiro atoms. The predicted molar refractivity (Wildman–Crippen MR) is 161 cm³/mol. The number of ether oxygens (including phenoxy) is 2. The lowest BCUT2D eigenvalue weighted by atomic mass is 9.46. The van der Waals surface area contributed by atoms with Crippen LogP contribution in [0.1, 0.15) is 98.8 Å². The van der Waals surface area contributed by atoms with Crippen LogP contribution in [0.3, 0.4) is 0 Å². The summed E-state index contributed by atoms with van der Waals surface area (Å²) in [5.41, 5.74) is 2.62. The van der Waals surface area contributed by atoms with E-state index in [0.717, 1.165) is 37.7 Å². The van der Waals surface area contributed by atoms with E-state index < -0.39 is 37.3 Å². The van der Waals surface area contributed by atoms with Crippen LogP contribution in [0.15, 0.2) is 23.8 Å². The zero-order valence-electron chi connectivity index (χ0n) is 26.5. The third-order valence-corrected chi connectivity index (χ3v) is 13.0. The van der Waals surface area contributed by atoms with Crippen molar-refractivity contribution in [1.29, 1.82) is 0 Å². The molecule has 0 aromatic carbocycles. The van der Waals surface area contributed by atoms with E-state index >= 15 is 0 Å². The van der Waals surface area contributed by atoms with Gasteiger partial charge in [0.15, 0.2) is 12.1 Å². The van der Waals surface area contributed by atoms with Gasteiger partial charge in [0.2, 0.25) is 0 Å². The molecule has 0 radical (unpaired) electrons. The van der Waals surface area contributed by atoms with Crippen LogP contribution in [-0.2, 0) is 14.3 Å². The second-order valence-corrected chi connectivity index (χ2v) is 15.2. The molecule has 3 saturated carbocycles. The van der Waals surface area contributed by atoms with E-state index in [1.54, 1.807) is 0 Å². The van der Waals surface area contributed by atoms with Crippen molar-refractivity contribution in [3.63, 3.8) is 0 Å². The molecule has 14 atom stereocenters. The molecular formula is C35H56O7. The Bertz CT molecular complexity index is 1040. The quantitative estimate of drug-likeness (QED) is 0.282. The fourth-order valence-corrected chi connectivity index (χ4v) is 10.3. The highest BCUT2D eigenvalue weighted by molar-refractivity contribution is 5.94. The molecular weight excluding hydrogens is 532 g/mol. The van der Waals surface area contributed by atoms with Gasteiger partial charge in [-0.3, -0.25) is 4.79 Å². The Balaban J connectivity index is 1.28. The van der Waals surface area contributed by atoms with Crippen LogP contribution in [0.2, 0.25) is 0 Å². The molecule has 0 aromatic heterocycles. The van der Waals surface area contributed by atoms with E-state index in [4.69, 9.17) is 9.47 Å². The number of rotatable bonds is 9. The third kappa shape index (κ3) is 5.49. The monoisotopic (exact) mass is 588 g/mol. The minimum absolute atomic E-state index is 0.0469. The third-order valence-electron chi connectivity index (χ3n) is 13.0. The molecule has 0 unspecified atom stereocenters. The van der Waals surface area contributed by atoms with Gasteiger partial charge in [0.1, 0.15) is 24.4 Å². The molecule has 42 heavy (non-hydrogen) atoms. The van der Waals surface area contributed by atoms with Crippen LogP contribution in [-0.4, -0.2) is 69.6 Å². The molecule has 1 aliphatic heterocycles. The summed E-state index contributed by atoms with van der Waals surface area (Å²) in [6.45, 7) is 15.5. The Labute approximate surface area is 252 Å². The molecule has 4 N–H and O–H groups in total. The van der Waals surface area contributed by atoms with Gasteiger partial charge in [-0.25, -0.2) is 0 Å². The van der Waals surface area contributed by atoms with E-state index in [1.165, 1.54) is 31.3 Å². The van der Waals surface area contributed by atoms with Gasteiger partial charge < -0.3 is 29.9 Å². The van der Waals surface area contributed by atoms with Crippen LogP contribution in [0.5, 0.6) is 0 Å². The van der Waals surface area contributed by atoms with Crippen molar-refractivity contribution in [3.05, 3.63) is 23.8 Å². The zero-order valence-corrected chi connectivity index (χ0v) is 26.5. The summed E-state index contributed by atoms with van der Waals surface area (Å²) in [4.78, 5) is 13.9. The van der Waals surface area contributed by atoms with Crippen molar-refractivity contribution in [2.45, 2.75) is 136 Å². The first-order valence-electron chi connectivity index (χ1n) is 16.7. The van der Waals surface area contributed by atoms with E-state index in [0.29, 0.717) is 41.8 Å². The topological polar surface area (TPSA) is 116 Å². The molecule has 5 rings (SSSR count). The maximum atomic E-state index is 13.9. The van der Waals surface area contributed by atoms with Crippen molar-refractivity contribution in [3.8, 4) is 0 Å². The fraction of sp³-hybridized carbons (Fsp3) is 0.857. The van der Waals surface area contributed by atoms with Gasteiger partial charge in [0, 0.05) is 5.92 Å². The minimum Gasteiger partial charge on any atom is -0.394 e. The number of carbonyl (C=O) groups is 1. The van der Waals surface area contributed by atoms with Crippen molar-refractivity contribution in [1.82, 2.24) is 0 Å². The smallest absolute Gasteiger partial charge is 0.186 e. The minimum atomic E-state index is -1.46. The highest BCUT2D eigenvalue weighted by Gasteiger charge is 2.61. The van der Waals surface area contributed by atoms with E-state index in [1.807, 2.05) is 6.08 Å². The summed E-state index contributed by atoms with van der Waals surface area (Å²) in [5.74, 6) is 3.10. The first kappa shape index (κ1) is 32.3. The van der Waals surface area contributed by atoms with Gasteiger partial charge in [-0.2, -0.15) is 0 Å². The Morgan fingerprint density at radius 2 is 1.81 bits per heavy atom. The first-order chi connectivity index (χ1) is 19.8. The second kappa shape index (κ2) is 12.4. The van der Waals surface area contributed by atoms with Crippen LogP contribution in [0, 0.1) is 46.3 Å². The maximum absolute atomic E-state index is 13.9. The molecule has 0 amide bonds. The number of carbonyl (C=O) groups excluding carboxylic acids is 1. The normalized spacial score (nSPS) is 46.7. The van der Waals surface area contributed by atoms with Gasteiger partial charge in [0.05, 0.1) is 12.7 Å². The fourth-order valence-electron chi connectivity index (χ4n) is 10.3. The Hall–Kier alpha value is -1.09. The molecule has 4 aliphatic carbocycles. The van der Waals surface area contributed by atoms with Gasteiger partial charge in [0.25, 0.3) is 0 Å². The van der Waals surface area contributed by atoms with Crippen LogP contribution >= 0.6 is 0 Å². The van der Waals surface area contributed by atoms with Crippen LogP contribution in [0.25, 0.3) is 0 Å². The molecule has 0 aromatic rings. The second-order valence-electron chi connectivity index (χ2n) is 15.2. The molecule has 1 saturated heterocycles. The number of aliphatic hydroxyl groups is 4. The van der Waals surface area contributed by atoms with Crippen LogP contribution in [0.4, 0.5) is 0 Å². The standard InChI is InChI=1S/C35H56O7/c1-7-21(19(2)3)9-8-20(4)24-10-11-25-29-26(13-15-35(24,25)6)34(5)14-12-23(16-22(34)17-27(29)37)41-33-32(40)31(39)30(38)28(18-36)42-33/h17,20-21,23-26,28-33,36,38-40H,2,7-16,18H2,1,3-6H3/t20-,21-,23+,24-,25+,26+,28-,29+,30-,31+,32-,33-,34+,35-/m1/s1. The molecule has 238 valence electrons. The number of ketones is 1. The van der Waals surface area contributed by atoms with Crippen LogP contribution < -0.4 is 0 Å². The Kier molecular flexibility index (Phi) is 9.51. The number of hydrogen-bond donors (Lipinski definition) is 4. The van der Waals surface area contributed by atoms with Gasteiger partial charge in [-0.1, -0.05) is 45.4 Å². The summed E-state index contributed by atoms with van der Waals surface area (Å²) < 4.78 is 11.8. The highest BCUT2D eigenvalue weighted by atomic mass is 16.7. The SMILES string of the molecule is C=C(C)[C@H](CC)CC[C@@H](C)[C@H]1CC[C@H]2[C@@H]3C(=O)C=C4C[C@@H](O[C@@H]5O[C@H](CO)[C@@H](O)[C@H](O)[C@H]5O)CC[C@]4(C)[C@H]3CC[C@]12C. The average molecular weight is 589 g/mol. The molecule has 4 fully saturated rings. The van der Waals surface area contributed by atoms with E-state index in [-0.39, 0.29) is 22.9 Å². The van der Waals surface area contributed by atoms with Crippen molar-refractivity contribution in [2.75, 3.05) is 6.61 Å². The van der Waals surface area contributed by atoms with Crippen molar-refractivity contribution in [2.24, 2.45) is 46.3 Å². The average Bonchev–Trinajstić information content (AvgIpc) is 3.31. The van der Waals surface area contributed by atoms with Gasteiger partial charge in [-0.05, 0) is 118 Å². The lowest BCUT2D eigenvalue weighted by molar-refractivity contribution is -0.313. The van der Waals surface area contributed by atoms with E-state index in [2.05, 4.69) is 41.2 Å². The molecule has 7 nitrogen and oxygen atoms in total. The van der Waals surface area contributed by atoms with Crippen molar-refractivity contribution >= 4 is 5.78 Å². The first-order valence-corrected chi connectivity index (χ1v) is 16.7. The number of hydrogen-bond acceptors (Lipinski definition) is 7. The summed E-state index contributed by atoms with van der Waals surface area (Å²) >= 11 is 0. The van der Waals surface area contributed by atoms with Crippen molar-refractivity contribution < 1.29 is 34.7 Å². The number of fused-ring (bicyclic) bond motifs is 5. The highest BCUT2D eigenvalue weighted by Crippen LogP contribution is 2.67. The Morgan fingerprint density at radius 3 is 2.48 bits per heavy atom. The van der Waals surface area contributed by atoms with Gasteiger partial charge >= 0.3 is 0 Å². The zero-order chi connectivity index (χ0) is 30.6. The maximum Gasteiger partial charge on any atom is 0.186 e. The summed E-state index contributed by atoms with van der Waals surface area (Å²) in [6, 6.07) is 0.